The molecule has 20 heavy (non-hydrogen) atoms. The van der Waals surface area contributed by atoms with Gasteiger partial charge in [-0.15, -0.1) is 0 Å². The van der Waals surface area contributed by atoms with Crippen LogP contribution in [0.25, 0.3) is 0 Å². The SMILES string of the molecule is C[C@H]1CCCCN1C[C@@H](O)COc1ccc(Br)cc1Br. The molecule has 1 saturated heterocycles. The van der Waals surface area contributed by atoms with Gasteiger partial charge in [0.05, 0.1) is 4.47 Å². The first-order valence-electron chi connectivity index (χ1n) is 7.06. The van der Waals surface area contributed by atoms with E-state index in [1.807, 2.05) is 18.2 Å². The van der Waals surface area contributed by atoms with Crippen molar-refractivity contribution in [3.63, 3.8) is 0 Å². The zero-order valence-corrected chi connectivity index (χ0v) is 14.9. The van der Waals surface area contributed by atoms with Crippen molar-refractivity contribution < 1.29 is 9.84 Å². The molecule has 0 aromatic heterocycles. The molecule has 112 valence electrons. The molecule has 1 aliphatic rings. The molecule has 0 unspecified atom stereocenters. The quantitative estimate of drug-likeness (QED) is 0.806. The lowest BCUT2D eigenvalue weighted by Crippen LogP contribution is -2.43. The van der Waals surface area contributed by atoms with Gasteiger partial charge in [0, 0.05) is 17.1 Å². The van der Waals surface area contributed by atoms with Gasteiger partial charge < -0.3 is 9.84 Å². The van der Waals surface area contributed by atoms with E-state index in [9.17, 15) is 5.11 Å². The largest absolute Gasteiger partial charge is 0.490 e. The van der Waals surface area contributed by atoms with Crippen molar-refractivity contribution in [3.05, 3.63) is 27.1 Å². The van der Waals surface area contributed by atoms with Crippen molar-refractivity contribution in [2.45, 2.75) is 38.3 Å². The Bertz CT molecular complexity index is 442. The van der Waals surface area contributed by atoms with Gasteiger partial charge in [0.1, 0.15) is 18.5 Å². The first kappa shape index (κ1) is 16.3. The molecule has 0 saturated carbocycles. The average molecular weight is 407 g/mol. The highest BCUT2D eigenvalue weighted by molar-refractivity contribution is 9.11. The van der Waals surface area contributed by atoms with Crippen molar-refractivity contribution in [1.82, 2.24) is 4.90 Å². The summed E-state index contributed by atoms with van der Waals surface area (Å²) in [5, 5.41) is 10.1. The van der Waals surface area contributed by atoms with Gasteiger partial charge in [-0.1, -0.05) is 22.4 Å². The van der Waals surface area contributed by atoms with Crippen molar-refractivity contribution in [3.8, 4) is 5.75 Å². The Hall–Kier alpha value is -0.100. The summed E-state index contributed by atoms with van der Waals surface area (Å²) < 4.78 is 7.58. The highest BCUT2D eigenvalue weighted by Crippen LogP contribution is 2.28. The van der Waals surface area contributed by atoms with Crippen molar-refractivity contribution >= 4 is 31.9 Å². The molecule has 1 N–H and O–H groups in total. The topological polar surface area (TPSA) is 32.7 Å². The molecule has 0 radical (unpaired) electrons. The summed E-state index contributed by atoms with van der Waals surface area (Å²) in [5.41, 5.74) is 0. The summed E-state index contributed by atoms with van der Waals surface area (Å²) in [6, 6.07) is 6.33. The molecule has 5 heteroatoms. The highest BCUT2D eigenvalue weighted by atomic mass is 79.9. The smallest absolute Gasteiger partial charge is 0.133 e. The average Bonchev–Trinajstić information content (AvgIpc) is 2.40. The highest BCUT2D eigenvalue weighted by Gasteiger charge is 2.21. The molecule has 2 atom stereocenters. The number of aliphatic hydroxyl groups is 1. The minimum atomic E-state index is -0.453. The molecule has 0 aliphatic carbocycles. The van der Waals surface area contributed by atoms with Crippen molar-refractivity contribution in [2.75, 3.05) is 19.7 Å². The number of benzene rings is 1. The number of piperidine rings is 1. The van der Waals surface area contributed by atoms with Crippen LogP contribution in [0.4, 0.5) is 0 Å². The third-order valence-electron chi connectivity index (χ3n) is 3.71. The maximum Gasteiger partial charge on any atom is 0.133 e. The number of halogens is 2. The zero-order valence-electron chi connectivity index (χ0n) is 11.7. The number of nitrogens with zero attached hydrogens (tertiary/aromatic N) is 1. The van der Waals surface area contributed by atoms with Gasteiger partial charge in [-0.2, -0.15) is 0 Å². The lowest BCUT2D eigenvalue weighted by atomic mass is 10.0. The van der Waals surface area contributed by atoms with E-state index in [1.54, 1.807) is 0 Å². The fourth-order valence-corrected chi connectivity index (χ4v) is 3.69. The fraction of sp³-hybridized carbons (Fsp3) is 0.600. The van der Waals surface area contributed by atoms with Crippen LogP contribution in [0.15, 0.2) is 27.1 Å². The summed E-state index contributed by atoms with van der Waals surface area (Å²) in [4.78, 5) is 2.36. The lowest BCUT2D eigenvalue weighted by Gasteiger charge is -2.34. The lowest BCUT2D eigenvalue weighted by molar-refractivity contribution is 0.0436. The minimum Gasteiger partial charge on any atom is -0.490 e. The van der Waals surface area contributed by atoms with E-state index in [0.717, 1.165) is 21.2 Å². The molecule has 2 rings (SSSR count). The fourth-order valence-electron chi connectivity index (χ4n) is 2.53. The minimum absolute atomic E-state index is 0.323. The van der Waals surface area contributed by atoms with Gasteiger partial charge in [-0.25, -0.2) is 0 Å². The van der Waals surface area contributed by atoms with E-state index in [-0.39, 0.29) is 0 Å². The number of ether oxygens (including phenoxy) is 1. The van der Waals surface area contributed by atoms with Crippen LogP contribution in [-0.2, 0) is 0 Å². The van der Waals surface area contributed by atoms with Crippen LogP contribution in [0, 0.1) is 0 Å². The molecular formula is C15H21Br2NO2. The normalized spacial score (nSPS) is 21.7. The second-order valence-corrected chi connectivity index (χ2v) is 7.15. The van der Waals surface area contributed by atoms with Gasteiger partial charge >= 0.3 is 0 Å². The molecule has 0 bridgehead atoms. The molecule has 1 aromatic carbocycles. The van der Waals surface area contributed by atoms with Crippen LogP contribution in [0.3, 0.4) is 0 Å². The number of aliphatic hydroxyl groups excluding tert-OH is 1. The number of hydrogen-bond acceptors (Lipinski definition) is 3. The van der Waals surface area contributed by atoms with E-state index in [0.29, 0.717) is 19.2 Å². The van der Waals surface area contributed by atoms with Crippen LogP contribution in [-0.4, -0.2) is 41.8 Å². The summed E-state index contributed by atoms with van der Waals surface area (Å²) in [5.74, 6) is 0.763. The Morgan fingerprint density at radius 1 is 1.40 bits per heavy atom. The summed E-state index contributed by atoms with van der Waals surface area (Å²) >= 11 is 6.87. The van der Waals surface area contributed by atoms with Crippen LogP contribution in [0.5, 0.6) is 5.75 Å². The second kappa shape index (κ2) is 7.78. The first-order valence-corrected chi connectivity index (χ1v) is 8.65. The van der Waals surface area contributed by atoms with Crippen LogP contribution >= 0.6 is 31.9 Å². The zero-order chi connectivity index (χ0) is 14.5. The Balaban J connectivity index is 1.81. The molecule has 0 spiro atoms. The van der Waals surface area contributed by atoms with Gasteiger partial charge in [0.15, 0.2) is 0 Å². The third kappa shape index (κ3) is 4.72. The third-order valence-corrected chi connectivity index (χ3v) is 4.82. The molecule has 1 fully saturated rings. The first-order chi connectivity index (χ1) is 9.56. The monoisotopic (exact) mass is 405 g/mol. The van der Waals surface area contributed by atoms with E-state index < -0.39 is 6.10 Å². The van der Waals surface area contributed by atoms with Gasteiger partial charge in [-0.3, -0.25) is 4.90 Å². The number of hydrogen-bond donors (Lipinski definition) is 1. The van der Waals surface area contributed by atoms with Crippen molar-refractivity contribution in [1.29, 1.82) is 0 Å². The molecular weight excluding hydrogens is 386 g/mol. The summed E-state index contributed by atoms with van der Waals surface area (Å²) in [7, 11) is 0. The molecule has 3 nitrogen and oxygen atoms in total. The van der Waals surface area contributed by atoms with E-state index in [4.69, 9.17) is 4.74 Å². The van der Waals surface area contributed by atoms with Crippen LogP contribution in [0.2, 0.25) is 0 Å². The van der Waals surface area contributed by atoms with Crippen LogP contribution < -0.4 is 4.74 Å². The molecule has 1 aliphatic heterocycles. The Labute approximate surface area is 137 Å². The Morgan fingerprint density at radius 2 is 2.20 bits per heavy atom. The predicted octanol–water partition coefficient (Wildman–Crippen LogP) is 3.83. The van der Waals surface area contributed by atoms with Gasteiger partial charge in [0.2, 0.25) is 0 Å². The van der Waals surface area contributed by atoms with Crippen LogP contribution in [0.1, 0.15) is 26.2 Å². The predicted molar refractivity (Wildman–Crippen MR) is 88.2 cm³/mol. The summed E-state index contributed by atoms with van der Waals surface area (Å²) in [6.07, 6.45) is 3.31. The van der Waals surface area contributed by atoms with Crippen molar-refractivity contribution in [2.24, 2.45) is 0 Å². The number of β-amino-alcohol motifs (C(OH)–C–C–N with tert-alkyl or cyclic N) is 1. The maximum absolute atomic E-state index is 10.1. The Morgan fingerprint density at radius 3 is 2.90 bits per heavy atom. The number of rotatable bonds is 5. The number of likely N-dealkylation sites (tertiary alicyclic amines) is 1. The molecule has 0 amide bonds. The maximum atomic E-state index is 10.1. The van der Waals surface area contributed by atoms with E-state index in [1.165, 1.54) is 19.3 Å². The van der Waals surface area contributed by atoms with E-state index in [2.05, 4.69) is 43.7 Å². The Kier molecular flexibility index (Phi) is 6.33. The second-order valence-electron chi connectivity index (χ2n) is 5.38. The molecule has 1 heterocycles. The van der Waals surface area contributed by atoms with E-state index >= 15 is 0 Å². The van der Waals surface area contributed by atoms with Gasteiger partial charge in [0.25, 0.3) is 0 Å². The summed E-state index contributed by atoms with van der Waals surface area (Å²) in [6.45, 7) is 4.33. The molecule has 1 aromatic rings. The van der Waals surface area contributed by atoms with Gasteiger partial charge in [-0.05, 0) is 60.4 Å². The standard InChI is InChI=1S/C15H21Br2NO2/c1-11-4-2-3-7-18(11)9-13(19)10-20-15-6-5-12(16)8-14(15)17/h5-6,8,11,13,19H,2-4,7,9-10H2,1H3/t11-,13+/m0/s1.